The van der Waals surface area contributed by atoms with E-state index in [1.165, 1.54) is 19.3 Å². The van der Waals surface area contributed by atoms with E-state index in [0.717, 1.165) is 35.6 Å². The lowest BCUT2D eigenvalue weighted by Crippen LogP contribution is -2.53. The van der Waals surface area contributed by atoms with E-state index >= 15 is 0 Å². The number of hydrogen-bond donors (Lipinski definition) is 0. The molecule has 1 aliphatic carbocycles. The van der Waals surface area contributed by atoms with Gasteiger partial charge in [0.2, 0.25) is 0 Å². The molecule has 0 saturated heterocycles. The molecule has 2 aromatic rings. The van der Waals surface area contributed by atoms with Gasteiger partial charge < -0.3 is 9.47 Å². The number of likely N-dealkylation sites (N-methyl/N-ethyl adjacent to an activating group) is 1. The first kappa shape index (κ1) is 14.9. The zero-order valence-corrected chi connectivity index (χ0v) is 14.1. The van der Waals surface area contributed by atoms with Crippen molar-refractivity contribution in [1.82, 2.24) is 24.2 Å². The van der Waals surface area contributed by atoms with Gasteiger partial charge in [0.1, 0.15) is 11.3 Å². The van der Waals surface area contributed by atoms with Crippen LogP contribution in [0, 0.1) is 6.92 Å². The fraction of sp³-hybridized carbons (Fsp3) is 0.733. The van der Waals surface area contributed by atoms with Gasteiger partial charge in [0.15, 0.2) is 5.65 Å². The van der Waals surface area contributed by atoms with Gasteiger partial charge in [-0.15, -0.1) is 11.6 Å². The Morgan fingerprint density at radius 3 is 2.57 bits per heavy atom. The number of hydrogen-bond acceptors (Lipinski definition) is 3. The summed E-state index contributed by atoms with van der Waals surface area (Å²) >= 11 is 5.98. The molecule has 1 aliphatic rings. The highest BCUT2D eigenvalue weighted by Crippen LogP contribution is 2.38. The maximum atomic E-state index is 5.98. The Kier molecular flexibility index (Phi) is 3.74. The van der Waals surface area contributed by atoms with E-state index in [0.29, 0.717) is 5.88 Å². The van der Waals surface area contributed by atoms with Gasteiger partial charge in [-0.1, -0.05) is 0 Å². The summed E-state index contributed by atoms with van der Waals surface area (Å²) in [6.07, 6.45) is 4.61. The van der Waals surface area contributed by atoms with Crippen LogP contribution in [0.1, 0.15) is 30.8 Å². The van der Waals surface area contributed by atoms with Gasteiger partial charge in [-0.2, -0.15) is 5.10 Å². The first-order valence-electron chi connectivity index (χ1n) is 7.60. The molecule has 6 heteroatoms. The molecule has 2 aromatic heterocycles. The lowest BCUT2D eigenvalue weighted by atomic mass is 9.75. The standard InChI is InChI=1S/C15H24ClN5/c1-11-13-14(20(4)18-11)21(12(17-13)6-9-16)10-15(19(2)3)7-5-8-15/h5-10H2,1-4H3. The molecule has 0 bridgehead atoms. The smallest absolute Gasteiger partial charge is 0.158 e. The van der Waals surface area contributed by atoms with Crippen LogP contribution >= 0.6 is 11.6 Å². The fourth-order valence-corrected chi connectivity index (χ4v) is 3.62. The Hall–Kier alpha value is -1.07. The Balaban J connectivity index is 2.08. The largest absolute Gasteiger partial charge is 0.311 e. The summed E-state index contributed by atoms with van der Waals surface area (Å²) in [5, 5.41) is 4.52. The van der Waals surface area contributed by atoms with Crippen LogP contribution in [0.5, 0.6) is 0 Å². The van der Waals surface area contributed by atoms with E-state index in [1.807, 2.05) is 18.7 Å². The third-order valence-electron chi connectivity index (χ3n) is 4.97. The number of alkyl halides is 1. The molecule has 21 heavy (non-hydrogen) atoms. The number of rotatable bonds is 5. The summed E-state index contributed by atoms with van der Waals surface area (Å²) in [5.74, 6) is 1.69. The highest BCUT2D eigenvalue weighted by Gasteiger charge is 2.40. The molecule has 3 rings (SSSR count). The number of halogens is 1. The molecule has 0 N–H and O–H groups in total. The van der Waals surface area contributed by atoms with Gasteiger partial charge in [-0.05, 0) is 40.3 Å². The van der Waals surface area contributed by atoms with Crippen molar-refractivity contribution in [3.8, 4) is 0 Å². The highest BCUT2D eigenvalue weighted by atomic mass is 35.5. The Morgan fingerprint density at radius 1 is 1.33 bits per heavy atom. The first-order chi connectivity index (χ1) is 9.98. The van der Waals surface area contributed by atoms with Gasteiger partial charge in [0, 0.05) is 31.4 Å². The number of fused-ring (bicyclic) bond motifs is 1. The molecule has 0 unspecified atom stereocenters. The monoisotopic (exact) mass is 309 g/mol. The maximum absolute atomic E-state index is 5.98. The van der Waals surface area contributed by atoms with E-state index in [9.17, 15) is 0 Å². The van der Waals surface area contributed by atoms with Crippen LogP contribution < -0.4 is 0 Å². The third-order valence-corrected chi connectivity index (χ3v) is 5.16. The normalized spacial score (nSPS) is 17.6. The van der Waals surface area contributed by atoms with Crippen molar-refractivity contribution < 1.29 is 0 Å². The summed E-state index contributed by atoms with van der Waals surface area (Å²) in [7, 11) is 6.37. The molecule has 5 nitrogen and oxygen atoms in total. The molecule has 2 heterocycles. The number of imidazole rings is 1. The van der Waals surface area contributed by atoms with Crippen molar-refractivity contribution >= 4 is 22.8 Å². The Bertz CT molecular complexity index is 651. The summed E-state index contributed by atoms with van der Waals surface area (Å²) < 4.78 is 4.30. The SMILES string of the molecule is Cc1nn(C)c2c1nc(CCCl)n2CC1(N(C)C)CCC1. The molecule has 0 atom stereocenters. The van der Waals surface area contributed by atoms with Gasteiger partial charge >= 0.3 is 0 Å². The molecule has 0 spiro atoms. The summed E-state index contributed by atoms with van der Waals surface area (Å²) in [4.78, 5) is 7.17. The summed E-state index contributed by atoms with van der Waals surface area (Å²) in [6.45, 7) is 3.00. The quantitative estimate of drug-likeness (QED) is 0.796. The highest BCUT2D eigenvalue weighted by molar-refractivity contribution is 6.17. The minimum absolute atomic E-state index is 0.257. The molecule has 0 amide bonds. The van der Waals surface area contributed by atoms with E-state index in [1.54, 1.807) is 0 Å². The molecular weight excluding hydrogens is 286 g/mol. The minimum Gasteiger partial charge on any atom is -0.311 e. The van der Waals surface area contributed by atoms with E-state index in [4.69, 9.17) is 16.6 Å². The molecule has 0 radical (unpaired) electrons. The van der Waals surface area contributed by atoms with Crippen molar-refractivity contribution in [2.75, 3.05) is 20.0 Å². The predicted molar refractivity (Wildman–Crippen MR) is 85.9 cm³/mol. The van der Waals surface area contributed by atoms with Crippen LogP contribution in [0.3, 0.4) is 0 Å². The fourth-order valence-electron chi connectivity index (χ4n) is 3.45. The molecule has 116 valence electrons. The van der Waals surface area contributed by atoms with E-state index in [2.05, 4.69) is 28.7 Å². The number of aryl methyl sites for hydroxylation is 3. The maximum Gasteiger partial charge on any atom is 0.158 e. The second-order valence-corrected chi connectivity index (χ2v) is 6.78. The minimum atomic E-state index is 0.257. The Labute approximate surface area is 130 Å². The average molecular weight is 310 g/mol. The second kappa shape index (κ2) is 5.29. The van der Waals surface area contributed by atoms with Crippen molar-refractivity contribution in [3.05, 3.63) is 11.5 Å². The Morgan fingerprint density at radius 2 is 2.05 bits per heavy atom. The van der Waals surface area contributed by atoms with Crippen LogP contribution in [0.25, 0.3) is 11.2 Å². The van der Waals surface area contributed by atoms with Crippen LogP contribution in [-0.4, -0.2) is 49.7 Å². The number of nitrogens with zero attached hydrogens (tertiary/aromatic N) is 5. The van der Waals surface area contributed by atoms with Gasteiger partial charge in [0.05, 0.1) is 5.69 Å². The third kappa shape index (κ3) is 2.27. The van der Waals surface area contributed by atoms with Crippen molar-refractivity contribution in [3.63, 3.8) is 0 Å². The van der Waals surface area contributed by atoms with Gasteiger partial charge in [0.25, 0.3) is 0 Å². The van der Waals surface area contributed by atoms with Gasteiger partial charge in [-0.3, -0.25) is 4.68 Å². The summed E-state index contributed by atoms with van der Waals surface area (Å²) in [5.41, 5.74) is 3.40. The predicted octanol–water partition coefficient (Wildman–Crippen LogP) is 2.34. The summed E-state index contributed by atoms with van der Waals surface area (Å²) in [6, 6.07) is 0. The topological polar surface area (TPSA) is 38.9 Å². The average Bonchev–Trinajstić information content (AvgIpc) is 2.84. The molecular formula is C15H24ClN5. The van der Waals surface area contributed by atoms with Crippen molar-refractivity contribution in [2.45, 2.75) is 44.7 Å². The zero-order chi connectivity index (χ0) is 15.2. The van der Waals surface area contributed by atoms with Crippen LogP contribution in [0.4, 0.5) is 0 Å². The van der Waals surface area contributed by atoms with Crippen LogP contribution in [0.15, 0.2) is 0 Å². The first-order valence-corrected chi connectivity index (χ1v) is 8.14. The molecule has 0 aliphatic heterocycles. The van der Waals surface area contributed by atoms with E-state index in [-0.39, 0.29) is 5.54 Å². The zero-order valence-electron chi connectivity index (χ0n) is 13.4. The lowest BCUT2D eigenvalue weighted by Gasteiger charge is -2.47. The van der Waals surface area contributed by atoms with Crippen molar-refractivity contribution in [1.29, 1.82) is 0 Å². The molecule has 1 saturated carbocycles. The van der Waals surface area contributed by atoms with Crippen LogP contribution in [-0.2, 0) is 20.0 Å². The van der Waals surface area contributed by atoms with Crippen LogP contribution in [0.2, 0.25) is 0 Å². The lowest BCUT2D eigenvalue weighted by molar-refractivity contribution is 0.0425. The second-order valence-electron chi connectivity index (χ2n) is 6.41. The van der Waals surface area contributed by atoms with Crippen molar-refractivity contribution in [2.24, 2.45) is 7.05 Å². The number of aromatic nitrogens is 4. The molecule has 1 fully saturated rings. The van der Waals surface area contributed by atoms with Gasteiger partial charge in [-0.25, -0.2) is 4.98 Å². The molecule has 0 aromatic carbocycles. The van der Waals surface area contributed by atoms with E-state index < -0.39 is 0 Å².